The number of benzene rings is 1. The number of hydrogen-bond donors (Lipinski definition) is 1. The van der Waals surface area contributed by atoms with E-state index in [1.54, 1.807) is 14.2 Å². The van der Waals surface area contributed by atoms with E-state index in [4.69, 9.17) is 9.47 Å². The number of aliphatic imine (C=N–C) groups is 1. The van der Waals surface area contributed by atoms with Crippen LogP contribution in [0.1, 0.15) is 5.56 Å². The first-order valence-corrected chi connectivity index (χ1v) is 5.39. The highest BCUT2D eigenvalue weighted by atomic mass is 16.5. The van der Waals surface area contributed by atoms with E-state index in [9.17, 15) is 0 Å². The van der Waals surface area contributed by atoms with Crippen molar-refractivity contribution in [2.45, 2.75) is 6.54 Å². The van der Waals surface area contributed by atoms with Crippen molar-refractivity contribution < 1.29 is 9.47 Å². The van der Waals surface area contributed by atoms with Crippen LogP contribution in [0.5, 0.6) is 11.5 Å². The Morgan fingerprint density at radius 1 is 1.18 bits per heavy atom. The van der Waals surface area contributed by atoms with E-state index in [1.807, 2.05) is 31.1 Å². The predicted molar refractivity (Wildman–Crippen MR) is 68.0 cm³/mol. The van der Waals surface area contributed by atoms with Gasteiger partial charge in [-0.05, 0) is 6.07 Å². The monoisotopic (exact) mass is 235 g/mol. The molecule has 1 aromatic carbocycles. The van der Waals surface area contributed by atoms with E-state index >= 15 is 0 Å². The lowest BCUT2D eigenvalue weighted by Crippen LogP contribution is -2.32. The lowest BCUT2D eigenvalue weighted by molar-refractivity contribution is 0.354. The van der Waals surface area contributed by atoms with Crippen LogP contribution in [0, 0.1) is 0 Å². The van der Waals surface area contributed by atoms with E-state index in [-0.39, 0.29) is 0 Å². The summed E-state index contributed by atoms with van der Waals surface area (Å²) in [5.74, 6) is 2.31. The third-order valence-corrected chi connectivity index (χ3v) is 2.68. The maximum atomic E-state index is 5.28. The molecule has 1 aromatic rings. The van der Waals surface area contributed by atoms with Gasteiger partial charge in [0.1, 0.15) is 0 Å². The van der Waals surface area contributed by atoms with E-state index in [0.29, 0.717) is 6.54 Å². The molecule has 0 radical (unpaired) electrons. The molecule has 17 heavy (non-hydrogen) atoms. The number of guanidine groups is 1. The van der Waals surface area contributed by atoms with Gasteiger partial charge in [-0.15, -0.1) is 0 Å². The van der Waals surface area contributed by atoms with Crippen molar-refractivity contribution in [3.05, 3.63) is 17.7 Å². The van der Waals surface area contributed by atoms with E-state index in [1.165, 1.54) is 0 Å². The van der Waals surface area contributed by atoms with Gasteiger partial charge >= 0.3 is 0 Å². The van der Waals surface area contributed by atoms with E-state index < -0.39 is 0 Å². The van der Waals surface area contributed by atoms with Crippen molar-refractivity contribution in [3.8, 4) is 11.5 Å². The van der Waals surface area contributed by atoms with Crippen LogP contribution in [0.15, 0.2) is 17.1 Å². The van der Waals surface area contributed by atoms with Crippen molar-refractivity contribution in [2.24, 2.45) is 4.99 Å². The molecule has 1 heterocycles. The summed E-state index contributed by atoms with van der Waals surface area (Å²) in [4.78, 5) is 6.38. The Morgan fingerprint density at radius 3 is 2.41 bits per heavy atom. The molecule has 0 atom stereocenters. The van der Waals surface area contributed by atoms with Crippen LogP contribution in [-0.4, -0.2) is 39.2 Å². The zero-order valence-corrected chi connectivity index (χ0v) is 10.6. The normalized spacial score (nSPS) is 13.3. The molecule has 0 aromatic heterocycles. The Hall–Kier alpha value is -1.91. The summed E-state index contributed by atoms with van der Waals surface area (Å²) in [6, 6.07) is 3.89. The van der Waals surface area contributed by atoms with Gasteiger partial charge in [0.25, 0.3) is 0 Å². The molecular formula is C12H17N3O2. The number of methoxy groups -OCH3 is 2. The summed E-state index contributed by atoms with van der Waals surface area (Å²) < 4.78 is 10.5. The Morgan fingerprint density at radius 2 is 1.82 bits per heavy atom. The summed E-state index contributed by atoms with van der Waals surface area (Å²) in [6.45, 7) is 0.649. The maximum absolute atomic E-state index is 5.28. The molecule has 0 fully saturated rings. The summed E-state index contributed by atoms with van der Waals surface area (Å²) in [5, 5.41) is 3.26. The molecule has 1 aliphatic rings. The highest BCUT2D eigenvalue weighted by Crippen LogP contribution is 2.34. The highest BCUT2D eigenvalue weighted by molar-refractivity contribution is 5.96. The number of rotatable bonds is 2. The van der Waals surface area contributed by atoms with Gasteiger partial charge in [-0.1, -0.05) is 0 Å². The largest absolute Gasteiger partial charge is 0.493 e. The van der Waals surface area contributed by atoms with Crippen LogP contribution in [0.3, 0.4) is 0 Å². The molecule has 5 nitrogen and oxygen atoms in total. The minimum absolute atomic E-state index is 0.649. The molecule has 5 heteroatoms. The maximum Gasteiger partial charge on any atom is 0.198 e. The van der Waals surface area contributed by atoms with Crippen LogP contribution in [-0.2, 0) is 6.54 Å². The van der Waals surface area contributed by atoms with Crippen molar-refractivity contribution >= 4 is 11.6 Å². The van der Waals surface area contributed by atoms with Crippen LogP contribution >= 0.6 is 0 Å². The number of anilines is 1. The summed E-state index contributed by atoms with van der Waals surface area (Å²) in [5.41, 5.74) is 2.12. The summed E-state index contributed by atoms with van der Waals surface area (Å²) in [7, 11) is 7.18. The molecule has 0 bridgehead atoms. The first-order valence-electron chi connectivity index (χ1n) is 5.39. The fourth-order valence-corrected chi connectivity index (χ4v) is 1.74. The third-order valence-electron chi connectivity index (χ3n) is 2.68. The molecule has 1 N–H and O–H groups in total. The fourth-order valence-electron chi connectivity index (χ4n) is 1.74. The van der Waals surface area contributed by atoms with Crippen LogP contribution in [0.4, 0.5) is 5.69 Å². The number of nitrogens with one attached hydrogen (secondary N) is 1. The van der Waals surface area contributed by atoms with Crippen molar-refractivity contribution in [1.82, 2.24) is 4.90 Å². The summed E-state index contributed by atoms with van der Waals surface area (Å²) >= 11 is 0. The Kier molecular flexibility index (Phi) is 3.08. The van der Waals surface area contributed by atoms with Crippen LogP contribution < -0.4 is 14.8 Å². The molecule has 1 aliphatic heterocycles. The second-order valence-electron chi connectivity index (χ2n) is 4.02. The molecular weight excluding hydrogens is 218 g/mol. The van der Waals surface area contributed by atoms with Gasteiger partial charge in [0, 0.05) is 31.4 Å². The van der Waals surface area contributed by atoms with E-state index in [0.717, 1.165) is 28.7 Å². The average Bonchev–Trinajstić information content (AvgIpc) is 2.36. The van der Waals surface area contributed by atoms with E-state index in [2.05, 4.69) is 10.3 Å². The Bertz CT molecular complexity index is 455. The molecule has 0 aliphatic carbocycles. The lowest BCUT2D eigenvalue weighted by atomic mass is 10.1. The van der Waals surface area contributed by atoms with Gasteiger partial charge in [0.05, 0.1) is 20.8 Å². The van der Waals surface area contributed by atoms with Crippen molar-refractivity contribution in [2.75, 3.05) is 33.6 Å². The van der Waals surface area contributed by atoms with Crippen molar-refractivity contribution in [1.29, 1.82) is 0 Å². The topological polar surface area (TPSA) is 46.1 Å². The Balaban J connectivity index is 2.36. The third kappa shape index (κ3) is 2.13. The van der Waals surface area contributed by atoms with Gasteiger partial charge in [-0.2, -0.15) is 0 Å². The van der Waals surface area contributed by atoms with Crippen LogP contribution in [0.2, 0.25) is 0 Å². The van der Waals surface area contributed by atoms with Gasteiger partial charge in [-0.25, -0.2) is 4.99 Å². The molecule has 0 amide bonds. The second kappa shape index (κ2) is 4.53. The van der Waals surface area contributed by atoms with Gasteiger partial charge in [-0.3, -0.25) is 0 Å². The first kappa shape index (κ1) is 11.6. The minimum Gasteiger partial charge on any atom is -0.493 e. The second-order valence-corrected chi connectivity index (χ2v) is 4.02. The minimum atomic E-state index is 0.649. The van der Waals surface area contributed by atoms with Gasteiger partial charge < -0.3 is 19.7 Å². The van der Waals surface area contributed by atoms with Crippen molar-refractivity contribution in [3.63, 3.8) is 0 Å². The molecule has 0 spiro atoms. The highest BCUT2D eigenvalue weighted by Gasteiger charge is 2.16. The number of hydrogen-bond acceptors (Lipinski definition) is 5. The average molecular weight is 235 g/mol. The van der Waals surface area contributed by atoms with Crippen LogP contribution in [0.25, 0.3) is 0 Å². The molecule has 2 rings (SSSR count). The fraction of sp³-hybridized carbons (Fsp3) is 0.417. The Labute approximate surface area is 101 Å². The molecule has 0 unspecified atom stereocenters. The predicted octanol–water partition coefficient (Wildman–Crippen LogP) is 1.55. The summed E-state index contributed by atoms with van der Waals surface area (Å²) in [6.07, 6.45) is 0. The zero-order chi connectivity index (χ0) is 12.4. The lowest BCUT2D eigenvalue weighted by Gasteiger charge is -2.24. The number of fused-ring (bicyclic) bond motifs is 1. The molecule has 92 valence electrons. The smallest absolute Gasteiger partial charge is 0.198 e. The van der Waals surface area contributed by atoms with Gasteiger partial charge in [0.15, 0.2) is 17.5 Å². The molecule has 0 saturated carbocycles. The van der Waals surface area contributed by atoms with Gasteiger partial charge in [0.2, 0.25) is 0 Å². The number of nitrogens with zero attached hydrogens (tertiary/aromatic N) is 2. The first-order chi connectivity index (χ1) is 8.15. The zero-order valence-electron chi connectivity index (χ0n) is 10.6. The quantitative estimate of drug-likeness (QED) is 0.844. The standard InChI is InChI=1S/C12H17N3O2/c1-15(2)12-13-7-8-5-10(16-3)11(17-4)6-9(8)14-12/h5-6H,7H2,1-4H3,(H,13,14). The number of ether oxygens (including phenoxy) is 2. The molecule has 0 saturated heterocycles. The SMILES string of the molecule is COc1cc2c(cc1OC)NC(N(C)C)=NC2.